The van der Waals surface area contributed by atoms with E-state index < -0.39 is 35.0 Å². The third-order valence-corrected chi connectivity index (χ3v) is 5.95. The van der Waals surface area contributed by atoms with Gasteiger partial charge in [0.1, 0.15) is 23.0 Å². The second kappa shape index (κ2) is 6.51. The highest BCUT2D eigenvalue weighted by Crippen LogP contribution is 2.64. The first-order valence-corrected chi connectivity index (χ1v) is 9.48. The first kappa shape index (κ1) is 18.8. The molecule has 1 saturated heterocycles. The van der Waals surface area contributed by atoms with Crippen LogP contribution in [0, 0.1) is 11.8 Å². The van der Waals surface area contributed by atoms with Crippen molar-refractivity contribution in [3.63, 3.8) is 0 Å². The molecule has 2 bridgehead atoms. The number of benzene rings is 1. The molecular weight excluding hydrogens is 364 g/mol. The van der Waals surface area contributed by atoms with Gasteiger partial charge in [0.05, 0.1) is 14.2 Å². The second-order valence-electron chi connectivity index (χ2n) is 7.51. The summed E-state index contributed by atoms with van der Waals surface area (Å²) >= 11 is 0. The highest BCUT2D eigenvalue weighted by Gasteiger charge is 2.76. The van der Waals surface area contributed by atoms with Crippen molar-refractivity contribution in [3.05, 3.63) is 35.8 Å². The van der Waals surface area contributed by atoms with Gasteiger partial charge in [0, 0.05) is 0 Å². The molecule has 0 aromatic heterocycles. The molecule has 7 nitrogen and oxygen atoms in total. The average molecular weight is 388 g/mol. The van der Waals surface area contributed by atoms with E-state index in [1.807, 2.05) is 19.1 Å². The zero-order chi connectivity index (χ0) is 20.1. The highest BCUT2D eigenvalue weighted by molar-refractivity contribution is 5.87. The van der Waals surface area contributed by atoms with Gasteiger partial charge in [-0.3, -0.25) is 9.59 Å². The lowest BCUT2D eigenvalue weighted by Crippen LogP contribution is -2.52. The van der Waals surface area contributed by atoms with Crippen molar-refractivity contribution >= 4 is 11.9 Å². The summed E-state index contributed by atoms with van der Waals surface area (Å²) in [6, 6.07) is 7.27. The zero-order valence-corrected chi connectivity index (χ0v) is 16.4. The van der Waals surface area contributed by atoms with Crippen LogP contribution in [0.4, 0.5) is 0 Å². The van der Waals surface area contributed by atoms with Crippen LogP contribution in [0.2, 0.25) is 0 Å². The topological polar surface area (TPSA) is 80.3 Å². The molecule has 28 heavy (non-hydrogen) atoms. The van der Waals surface area contributed by atoms with Gasteiger partial charge in [-0.15, -0.1) is 0 Å². The number of rotatable bonds is 5. The highest BCUT2D eigenvalue weighted by atomic mass is 16.6. The van der Waals surface area contributed by atoms with Gasteiger partial charge in [-0.25, -0.2) is 0 Å². The predicted molar refractivity (Wildman–Crippen MR) is 97.5 cm³/mol. The minimum Gasteiger partial charge on any atom is -0.469 e. The maximum absolute atomic E-state index is 12.8. The maximum Gasteiger partial charge on any atom is 0.313 e. The maximum atomic E-state index is 12.8. The Labute approximate surface area is 163 Å². The number of para-hydroxylation sites is 2. The zero-order valence-electron chi connectivity index (χ0n) is 16.4. The van der Waals surface area contributed by atoms with E-state index in [4.69, 9.17) is 23.7 Å². The molecule has 2 unspecified atom stereocenters. The van der Waals surface area contributed by atoms with Crippen LogP contribution in [0.15, 0.2) is 35.8 Å². The number of hydrogen-bond donors (Lipinski definition) is 0. The van der Waals surface area contributed by atoms with Crippen molar-refractivity contribution in [2.24, 2.45) is 11.8 Å². The molecule has 0 radical (unpaired) electrons. The lowest BCUT2D eigenvalue weighted by molar-refractivity contribution is -0.160. The second-order valence-corrected chi connectivity index (χ2v) is 7.51. The van der Waals surface area contributed by atoms with Crippen LogP contribution in [0.3, 0.4) is 0 Å². The molecule has 1 aromatic rings. The summed E-state index contributed by atoms with van der Waals surface area (Å²) in [6.07, 6.45) is 2.16. The SMILES string of the molecule is CCCC[C@@]12O[C@@](C)(C3=C1Oc1ccccc1O3)C(C(=O)OC)C2C(=O)OC. The summed E-state index contributed by atoms with van der Waals surface area (Å²) in [5.74, 6) is -0.855. The van der Waals surface area contributed by atoms with Gasteiger partial charge in [0.25, 0.3) is 0 Å². The fourth-order valence-electron chi connectivity index (χ4n) is 4.71. The van der Waals surface area contributed by atoms with Crippen molar-refractivity contribution in [3.8, 4) is 11.5 Å². The average Bonchev–Trinajstić information content (AvgIpc) is 3.13. The molecule has 3 heterocycles. The lowest BCUT2D eigenvalue weighted by Gasteiger charge is -2.38. The van der Waals surface area contributed by atoms with Gasteiger partial charge in [-0.05, 0) is 25.5 Å². The van der Waals surface area contributed by atoms with E-state index >= 15 is 0 Å². The van der Waals surface area contributed by atoms with Gasteiger partial charge < -0.3 is 23.7 Å². The van der Waals surface area contributed by atoms with Gasteiger partial charge in [-0.2, -0.15) is 0 Å². The summed E-state index contributed by atoms with van der Waals surface area (Å²) in [5.41, 5.74) is -2.33. The molecule has 150 valence electrons. The van der Waals surface area contributed by atoms with Crippen LogP contribution in [-0.2, 0) is 23.8 Å². The Morgan fingerprint density at radius 3 is 2.14 bits per heavy atom. The number of carbonyl (C=O) groups excluding carboxylic acids is 2. The van der Waals surface area contributed by atoms with E-state index in [2.05, 4.69) is 0 Å². The van der Waals surface area contributed by atoms with E-state index in [1.54, 1.807) is 19.1 Å². The summed E-state index contributed by atoms with van der Waals surface area (Å²) < 4.78 is 28.9. The fraction of sp³-hybridized carbons (Fsp3) is 0.524. The summed E-state index contributed by atoms with van der Waals surface area (Å²) in [7, 11) is 2.61. The molecule has 7 heteroatoms. The molecule has 1 aromatic carbocycles. The molecule has 0 N–H and O–H groups in total. The Hall–Kier alpha value is -2.54. The number of ether oxygens (including phenoxy) is 5. The van der Waals surface area contributed by atoms with E-state index in [-0.39, 0.29) is 0 Å². The fourth-order valence-corrected chi connectivity index (χ4v) is 4.71. The van der Waals surface area contributed by atoms with Crippen LogP contribution in [0.25, 0.3) is 0 Å². The van der Waals surface area contributed by atoms with E-state index in [1.165, 1.54) is 14.2 Å². The number of hydrogen-bond acceptors (Lipinski definition) is 7. The molecule has 0 amide bonds. The smallest absolute Gasteiger partial charge is 0.313 e. The van der Waals surface area contributed by atoms with E-state index in [9.17, 15) is 9.59 Å². The summed E-state index contributed by atoms with van der Waals surface area (Å²) in [5, 5.41) is 0. The Bertz CT molecular complexity index is 860. The van der Waals surface area contributed by atoms with Crippen molar-refractivity contribution in [1.29, 1.82) is 0 Å². The van der Waals surface area contributed by atoms with Crippen LogP contribution in [0.5, 0.6) is 11.5 Å². The van der Waals surface area contributed by atoms with Gasteiger partial charge >= 0.3 is 11.9 Å². The lowest BCUT2D eigenvalue weighted by atomic mass is 9.67. The number of unbranched alkanes of at least 4 members (excludes halogenated alkanes) is 1. The molecular formula is C21H24O7. The number of fused-ring (bicyclic) bond motifs is 5. The van der Waals surface area contributed by atoms with Crippen molar-refractivity contribution < 1.29 is 33.3 Å². The minimum atomic E-state index is -1.19. The molecule has 0 aliphatic carbocycles. The predicted octanol–water partition coefficient (Wildman–Crippen LogP) is 2.98. The minimum absolute atomic E-state index is 0.429. The first-order chi connectivity index (χ1) is 13.4. The molecule has 3 aliphatic heterocycles. The quantitative estimate of drug-likeness (QED) is 0.718. The molecule has 4 rings (SSSR count). The van der Waals surface area contributed by atoms with Crippen molar-refractivity contribution in [2.45, 2.75) is 44.3 Å². The van der Waals surface area contributed by atoms with Gasteiger partial charge in [0.2, 0.25) is 0 Å². The number of esters is 2. The van der Waals surface area contributed by atoms with Crippen LogP contribution < -0.4 is 9.47 Å². The molecule has 1 fully saturated rings. The van der Waals surface area contributed by atoms with Gasteiger partial charge in [0.15, 0.2) is 23.0 Å². The van der Waals surface area contributed by atoms with Crippen LogP contribution >= 0.6 is 0 Å². The number of methoxy groups -OCH3 is 2. The molecule has 0 spiro atoms. The van der Waals surface area contributed by atoms with Gasteiger partial charge in [-0.1, -0.05) is 31.9 Å². The Morgan fingerprint density at radius 2 is 1.57 bits per heavy atom. The third kappa shape index (κ3) is 2.32. The summed E-state index contributed by atoms with van der Waals surface area (Å²) in [4.78, 5) is 25.6. The molecule has 0 saturated carbocycles. The number of carbonyl (C=O) groups is 2. The Morgan fingerprint density at radius 1 is 1.00 bits per heavy atom. The van der Waals surface area contributed by atoms with E-state index in [0.29, 0.717) is 29.4 Å². The Kier molecular flexibility index (Phi) is 4.38. The summed E-state index contributed by atoms with van der Waals surface area (Å²) in [6.45, 7) is 3.80. The first-order valence-electron chi connectivity index (χ1n) is 9.48. The third-order valence-electron chi connectivity index (χ3n) is 5.95. The van der Waals surface area contributed by atoms with Crippen LogP contribution in [0.1, 0.15) is 33.1 Å². The normalized spacial score (nSPS) is 32.1. The van der Waals surface area contributed by atoms with E-state index in [0.717, 1.165) is 12.8 Å². The van der Waals surface area contributed by atoms with Crippen LogP contribution in [-0.4, -0.2) is 37.4 Å². The monoisotopic (exact) mass is 388 g/mol. The molecule has 4 atom stereocenters. The van der Waals surface area contributed by atoms with Crippen molar-refractivity contribution in [1.82, 2.24) is 0 Å². The standard InChI is InChI=1S/C21H24O7/c1-5-6-11-21-15(19(23)25-4)14(18(22)24-3)20(2,28-21)16-17(21)27-13-10-8-7-9-12(13)26-16/h7-10,14-15H,5-6,11H2,1-4H3/t14?,15?,20-,21+/m1/s1. The Balaban J connectivity index is 1.90. The van der Waals surface area contributed by atoms with Crippen molar-refractivity contribution in [2.75, 3.05) is 14.2 Å². The molecule has 3 aliphatic rings. The largest absolute Gasteiger partial charge is 0.469 e.